The Labute approximate surface area is 221 Å². The number of nitrogens with zero attached hydrogens (tertiary/aromatic N) is 1. The lowest BCUT2D eigenvalue weighted by Gasteiger charge is -2.34. The molecule has 3 N–H and O–H groups in total. The summed E-state index contributed by atoms with van der Waals surface area (Å²) >= 11 is 6.24. The number of sulfone groups is 1. The Morgan fingerprint density at radius 3 is 2.68 bits per heavy atom. The quantitative estimate of drug-likeness (QED) is 0.452. The molecule has 0 bridgehead atoms. The standard InChI is InChI=1S/C25H32ClN3O7S/c1-25(2,3)36-24(32)29-12-5-7-16(14-29)37(33,34)22-17(26)9-10-18(20(22)30)27-23(31)28-19-8-4-6-15-11-13-35-21(15)19/h9-11,13,16,19,30H,4-8,12,14H2,1-3H3,(H2,27,28,31). The summed E-state index contributed by atoms with van der Waals surface area (Å²) in [6.45, 7) is 5.46. The summed E-state index contributed by atoms with van der Waals surface area (Å²) in [5.41, 5.74) is 0.212. The van der Waals surface area contributed by atoms with Gasteiger partial charge < -0.3 is 29.8 Å². The molecular weight excluding hydrogens is 522 g/mol. The Hall–Kier alpha value is -2.92. The Bertz CT molecular complexity index is 1290. The highest BCUT2D eigenvalue weighted by Gasteiger charge is 2.38. The molecule has 2 aliphatic rings. The van der Waals surface area contributed by atoms with Crippen LogP contribution in [0.5, 0.6) is 5.75 Å². The van der Waals surface area contributed by atoms with E-state index in [0.29, 0.717) is 25.1 Å². The van der Waals surface area contributed by atoms with E-state index in [1.54, 1.807) is 27.0 Å². The minimum absolute atomic E-state index is 0.0989. The van der Waals surface area contributed by atoms with Crippen molar-refractivity contribution in [1.29, 1.82) is 0 Å². The molecule has 1 saturated heterocycles. The highest BCUT2D eigenvalue weighted by Crippen LogP contribution is 2.40. The molecule has 37 heavy (non-hydrogen) atoms. The van der Waals surface area contributed by atoms with E-state index in [2.05, 4.69) is 10.6 Å². The topological polar surface area (TPSA) is 138 Å². The maximum Gasteiger partial charge on any atom is 0.410 e. The lowest BCUT2D eigenvalue weighted by molar-refractivity contribution is 0.0219. The van der Waals surface area contributed by atoms with Crippen molar-refractivity contribution in [1.82, 2.24) is 10.2 Å². The Morgan fingerprint density at radius 2 is 1.95 bits per heavy atom. The van der Waals surface area contributed by atoms with Crippen LogP contribution in [0.2, 0.25) is 5.02 Å². The van der Waals surface area contributed by atoms with E-state index in [9.17, 15) is 23.1 Å². The van der Waals surface area contributed by atoms with Crippen LogP contribution < -0.4 is 10.6 Å². The van der Waals surface area contributed by atoms with Crippen molar-refractivity contribution >= 4 is 39.2 Å². The fourth-order valence-electron chi connectivity index (χ4n) is 4.71. The van der Waals surface area contributed by atoms with Crippen LogP contribution in [-0.2, 0) is 21.0 Å². The number of aromatic hydroxyl groups is 1. The zero-order valence-corrected chi connectivity index (χ0v) is 22.6. The van der Waals surface area contributed by atoms with Gasteiger partial charge in [-0.15, -0.1) is 0 Å². The number of likely N-dealkylation sites (tertiary alicyclic amines) is 1. The highest BCUT2D eigenvalue weighted by molar-refractivity contribution is 7.92. The Balaban J connectivity index is 1.51. The number of nitrogens with one attached hydrogen (secondary N) is 2. The number of benzene rings is 1. The molecular formula is C25H32ClN3O7S. The van der Waals surface area contributed by atoms with E-state index in [1.807, 2.05) is 6.07 Å². The van der Waals surface area contributed by atoms with Crippen LogP contribution in [-0.4, -0.2) is 54.5 Å². The predicted octanol–water partition coefficient (Wildman–Crippen LogP) is 5.01. The van der Waals surface area contributed by atoms with Gasteiger partial charge in [-0.25, -0.2) is 18.0 Å². The smallest absolute Gasteiger partial charge is 0.410 e. The molecule has 0 saturated carbocycles. The van der Waals surface area contributed by atoms with Gasteiger partial charge in [-0.3, -0.25) is 0 Å². The van der Waals surface area contributed by atoms with E-state index in [1.165, 1.54) is 17.0 Å². The van der Waals surface area contributed by atoms with Crippen molar-refractivity contribution in [2.24, 2.45) is 0 Å². The first-order chi connectivity index (χ1) is 17.4. The van der Waals surface area contributed by atoms with Crippen LogP contribution in [0.25, 0.3) is 0 Å². The van der Waals surface area contributed by atoms with E-state index in [0.717, 1.165) is 18.4 Å². The number of hydrogen-bond donors (Lipinski definition) is 3. The summed E-state index contributed by atoms with van der Waals surface area (Å²) < 4.78 is 38.1. The average Bonchev–Trinajstić information content (AvgIpc) is 3.30. The molecule has 202 valence electrons. The molecule has 2 heterocycles. The van der Waals surface area contributed by atoms with Gasteiger partial charge in [0.2, 0.25) is 0 Å². The maximum atomic E-state index is 13.6. The van der Waals surface area contributed by atoms with Gasteiger partial charge in [-0.05, 0) is 76.6 Å². The first-order valence-corrected chi connectivity index (χ1v) is 14.2. The maximum absolute atomic E-state index is 13.6. The number of fused-ring (bicyclic) bond motifs is 1. The lowest BCUT2D eigenvalue weighted by Crippen LogP contribution is -2.47. The van der Waals surface area contributed by atoms with E-state index >= 15 is 0 Å². The molecule has 1 aliphatic heterocycles. The zero-order chi connectivity index (χ0) is 27.0. The number of phenols is 1. The molecule has 0 radical (unpaired) electrons. The number of halogens is 1. The fraction of sp³-hybridized carbons (Fsp3) is 0.520. The largest absolute Gasteiger partial charge is 0.504 e. The summed E-state index contributed by atoms with van der Waals surface area (Å²) in [7, 11) is -4.17. The number of hydrogen-bond acceptors (Lipinski definition) is 7. The number of carbonyl (C=O) groups is 2. The summed E-state index contributed by atoms with van der Waals surface area (Å²) in [6, 6.07) is 3.56. The average molecular weight is 554 g/mol. The number of furan rings is 1. The molecule has 1 aromatic carbocycles. The number of carbonyl (C=O) groups excluding carboxylic acids is 2. The normalized spacial score (nSPS) is 20.2. The van der Waals surface area contributed by atoms with Crippen LogP contribution in [0.3, 0.4) is 0 Å². The molecule has 2 aromatic rings. The van der Waals surface area contributed by atoms with Crippen LogP contribution in [0.4, 0.5) is 15.3 Å². The molecule has 1 fully saturated rings. The molecule has 4 rings (SSSR count). The van der Waals surface area contributed by atoms with Crippen LogP contribution in [0, 0.1) is 0 Å². The molecule has 10 nitrogen and oxygen atoms in total. The van der Waals surface area contributed by atoms with Crippen LogP contribution in [0.1, 0.15) is 63.8 Å². The van der Waals surface area contributed by atoms with Gasteiger partial charge in [0.05, 0.1) is 28.3 Å². The second-order valence-corrected chi connectivity index (χ2v) is 12.9. The van der Waals surface area contributed by atoms with Crippen molar-refractivity contribution in [2.45, 2.75) is 74.7 Å². The number of rotatable bonds is 4. The number of phenolic OH excluding ortho intramolecular Hbond substituents is 1. The second-order valence-electron chi connectivity index (χ2n) is 10.4. The third kappa shape index (κ3) is 5.98. The number of piperidine rings is 1. The molecule has 0 spiro atoms. The third-order valence-electron chi connectivity index (χ3n) is 6.43. The Morgan fingerprint density at radius 1 is 1.19 bits per heavy atom. The van der Waals surface area contributed by atoms with Crippen molar-refractivity contribution in [3.63, 3.8) is 0 Å². The number of aryl methyl sites for hydroxylation is 1. The number of urea groups is 1. The summed E-state index contributed by atoms with van der Waals surface area (Å²) in [6.07, 6.45) is 4.15. The minimum atomic E-state index is -4.17. The van der Waals surface area contributed by atoms with Gasteiger partial charge in [-0.1, -0.05) is 11.6 Å². The van der Waals surface area contributed by atoms with Gasteiger partial charge in [-0.2, -0.15) is 0 Å². The first-order valence-electron chi connectivity index (χ1n) is 12.2. The van der Waals surface area contributed by atoms with Gasteiger partial charge in [0.25, 0.3) is 0 Å². The zero-order valence-electron chi connectivity index (χ0n) is 21.0. The van der Waals surface area contributed by atoms with Gasteiger partial charge in [0.1, 0.15) is 16.3 Å². The summed E-state index contributed by atoms with van der Waals surface area (Å²) in [5, 5.41) is 15.1. The molecule has 3 amide bonds. The fourth-order valence-corrected chi connectivity index (χ4v) is 7.09. The van der Waals surface area contributed by atoms with Crippen molar-refractivity contribution in [3.8, 4) is 5.75 Å². The van der Waals surface area contributed by atoms with E-state index in [4.69, 9.17) is 20.8 Å². The minimum Gasteiger partial charge on any atom is -0.504 e. The Kier molecular flexibility index (Phi) is 7.66. The molecule has 1 aromatic heterocycles. The van der Waals surface area contributed by atoms with E-state index < -0.39 is 43.5 Å². The molecule has 2 unspecified atom stereocenters. The van der Waals surface area contributed by atoms with E-state index in [-0.39, 0.29) is 29.7 Å². The van der Waals surface area contributed by atoms with Gasteiger partial charge in [0, 0.05) is 13.1 Å². The van der Waals surface area contributed by atoms with Crippen molar-refractivity contribution < 1.29 is 32.3 Å². The predicted molar refractivity (Wildman–Crippen MR) is 138 cm³/mol. The summed E-state index contributed by atoms with van der Waals surface area (Å²) in [5.74, 6) is 0.0382. The van der Waals surface area contributed by atoms with Crippen molar-refractivity contribution in [3.05, 3.63) is 40.8 Å². The second kappa shape index (κ2) is 10.4. The van der Waals surface area contributed by atoms with Gasteiger partial charge >= 0.3 is 12.1 Å². The van der Waals surface area contributed by atoms with Crippen LogP contribution >= 0.6 is 11.6 Å². The number of amides is 3. The van der Waals surface area contributed by atoms with Gasteiger partial charge in [0.15, 0.2) is 15.6 Å². The number of anilines is 1. The summed E-state index contributed by atoms with van der Waals surface area (Å²) in [4.78, 5) is 26.1. The highest BCUT2D eigenvalue weighted by atomic mass is 35.5. The number of ether oxygens (including phenoxy) is 1. The molecule has 12 heteroatoms. The molecule has 2 atom stereocenters. The van der Waals surface area contributed by atoms with Crippen LogP contribution in [0.15, 0.2) is 33.8 Å². The molecule has 1 aliphatic carbocycles. The van der Waals surface area contributed by atoms with Crippen molar-refractivity contribution in [2.75, 3.05) is 18.4 Å². The monoisotopic (exact) mass is 553 g/mol. The lowest BCUT2D eigenvalue weighted by atomic mass is 9.94. The third-order valence-corrected chi connectivity index (χ3v) is 9.10. The first kappa shape index (κ1) is 27.1. The SMILES string of the molecule is CC(C)(C)OC(=O)N1CCCC(S(=O)(=O)c2c(Cl)ccc(NC(=O)NC3CCCc4ccoc43)c2O)C1.